The fourth-order valence-corrected chi connectivity index (χ4v) is 3.31. The second-order valence-corrected chi connectivity index (χ2v) is 7.72. The number of aromatic amines is 1. The minimum Gasteiger partial charge on any atom is -0.507 e. The van der Waals surface area contributed by atoms with Crippen molar-refractivity contribution in [2.75, 3.05) is 11.1 Å². The van der Waals surface area contributed by atoms with Gasteiger partial charge in [-0.25, -0.2) is 4.98 Å². The van der Waals surface area contributed by atoms with Crippen LogP contribution in [-0.2, 0) is 4.79 Å². The molecule has 3 N–H and O–H groups in total. The van der Waals surface area contributed by atoms with Crippen LogP contribution in [-0.4, -0.2) is 31.9 Å². The molecule has 26 heavy (non-hydrogen) atoms. The van der Waals surface area contributed by atoms with Crippen molar-refractivity contribution < 1.29 is 9.90 Å². The number of aromatic hydroxyl groups is 1. The molecule has 1 heterocycles. The molecular formula is C17H14BrClN4O2S. The van der Waals surface area contributed by atoms with Gasteiger partial charge in [0.15, 0.2) is 5.82 Å². The zero-order chi connectivity index (χ0) is 18.7. The van der Waals surface area contributed by atoms with E-state index < -0.39 is 0 Å². The maximum absolute atomic E-state index is 12.1. The Balaban J connectivity index is 1.64. The highest BCUT2D eigenvalue weighted by atomic mass is 79.9. The lowest BCUT2D eigenvalue weighted by Gasteiger charge is -2.07. The summed E-state index contributed by atoms with van der Waals surface area (Å²) in [7, 11) is 0. The Morgan fingerprint density at radius 3 is 2.96 bits per heavy atom. The van der Waals surface area contributed by atoms with Crippen LogP contribution < -0.4 is 5.32 Å². The zero-order valence-corrected chi connectivity index (χ0v) is 16.7. The monoisotopic (exact) mass is 452 g/mol. The highest BCUT2D eigenvalue weighted by Crippen LogP contribution is 2.30. The summed E-state index contributed by atoms with van der Waals surface area (Å²) in [4.78, 5) is 16.4. The maximum Gasteiger partial charge on any atom is 0.234 e. The minimum absolute atomic E-state index is 0.0927. The smallest absolute Gasteiger partial charge is 0.234 e. The quantitative estimate of drug-likeness (QED) is 0.490. The van der Waals surface area contributed by atoms with Gasteiger partial charge in [-0.2, -0.15) is 0 Å². The van der Waals surface area contributed by atoms with Crippen molar-refractivity contribution in [2.45, 2.75) is 12.1 Å². The number of benzene rings is 2. The number of hydrogen-bond donors (Lipinski definition) is 3. The van der Waals surface area contributed by atoms with E-state index in [4.69, 9.17) is 11.6 Å². The lowest BCUT2D eigenvalue weighted by Crippen LogP contribution is -2.14. The van der Waals surface area contributed by atoms with Gasteiger partial charge in [-0.3, -0.25) is 9.89 Å². The first kappa shape index (κ1) is 18.8. The Bertz CT molecular complexity index is 964. The number of thioether (sulfide) groups is 1. The fourth-order valence-electron chi connectivity index (χ4n) is 2.17. The number of hydrogen-bond acceptors (Lipinski definition) is 5. The Hall–Kier alpha value is -2.03. The number of rotatable bonds is 5. The van der Waals surface area contributed by atoms with Crippen LogP contribution in [0.25, 0.3) is 11.4 Å². The van der Waals surface area contributed by atoms with Crippen molar-refractivity contribution >= 4 is 50.9 Å². The van der Waals surface area contributed by atoms with Gasteiger partial charge in [0, 0.05) is 15.2 Å². The molecule has 0 spiro atoms. The first-order valence-electron chi connectivity index (χ1n) is 7.52. The van der Waals surface area contributed by atoms with E-state index in [0.717, 1.165) is 10.0 Å². The van der Waals surface area contributed by atoms with Gasteiger partial charge >= 0.3 is 0 Å². The lowest BCUT2D eigenvalue weighted by molar-refractivity contribution is -0.113. The average Bonchev–Trinajstić information content (AvgIpc) is 3.07. The molecule has 0 bridgehead atoms. The van der Waals surface area contributed by atoms with E-state index in [1.54, 1.807) is 30.3 Å². The molecule has 1 amide bonds. The molecule has 2 aromatic carbocycles. The predicted octanol–water partition coefficient (Wildman–Crippen LogP) is 4.63. The molecule has 0 aliphatic rings. The van der Waals surface area contributed by atoms with Crippen LogP contribution in [0.2, 0.25) is 5.02 Å². The van der Waals surface area contributed by atoms with E-state index in [1.807, 2.05) is 13.0 Å². The molecule has 0 aliphatic heterocycles. The van der Waals surface area contributed by atoms with Crippen molar-refractivity contribution in [3.05, 3.63) is 51.5 Å². The zero-order valence-electron chi connectivity index (χ0n) is 13.6. The summed E-state index contributed by atoms with van der Waals surface area (Å²) < 4.78 is 0.812. The molecule has 0 saturated carbocycles. The van der Waals surface area contributed by atoms with Gasteiger partial charge in [0.25, 0.3) is 0 Å². The molecule has 6 nitrogen and oxygen atoms in total. The molecule has 0 saturated heterocycles. The minimum atomic E-state index is -0.183. The van der Waals surface area contributed by atoms with E-state index >= 15 is 0 Å². The molecule has 0 unspecified atom stereocenters. The summed E-state index contributed by atoms with van der Waals surface area (Å²) in [5.74, 6) is 0.484. The number of carbonyl (C=O) groups excluding carboxylic acids is 1. The second-order valence-electron chi connectivity index (χ2n) is 5.42. The number of phenols is 1. The number of nitrogens with zero attached hydrogens (tertiary/aromatic N) is 2. The fraction of sp³-hybridized carbons (Fsp3) is 0.118. The Kier molecular flexibility index (Phi) is 5.85. The summed E-state index contributed by atoms with van der Waals surface area (Å²) in [5.41, 5.74) is 2.13. The third kappa shape index (κ3) is 4.57. The molecule has 3 rings (SSSR count). The van der Waals surface area contributed by atoms with Gasteiger partial charge in [0.2, 0.25) is 11.1 Å². The van der Waals surface area contributed by atoms with Crippen LogP contribution >= 0.6 is 39.3 Å². The highest BCUT2D eigenvalue weighted by Gasteiger charge is 2.13. The first-order chi connectivity index (χ1) is 12.4. The number of amides is 1. The molecule has 3 aromatic rings. The van der Waals surface area contributed by atoms with Crippen LogP contribution in [0.3, 0.4) is 0 Å². The molecule has 0 radical (unpaired) electrons. The Morgan fingerprint density at radius 1 is 1.35 bits per heavy atom. The van der Waals surface area contributed by atoms with Crippen molar-refractivity contribution in [1.82, 2.24) is 15.2 Å². The number of halogens is 2. The summed E-state index contributed by atoms with van der Waals surface area (Å²) in [5, 5.41) is 20.6. The van der Waals surface area contributed by atoms with Crippen molar-refractivity contribution in [1.29, 1.82) is 0 Å². The van der Waals surface area contributed by atoms with Crippen LogP contribution in [0, 0.1) is 6.92 Å². The summed E-state index contributed by atoms with van der Waals surface area (Å²) >= 11 is 10.5. The number of aromatic nitrogens is 3. The van der Waals surface area contributed by atoms with Crippen LogP contribution in [0.15, 0.2) is 46.0 Å². The number of carbonyl (C=O) groups is 1. The van der Waals surface area contributed by atoms with Crippen LogP contribution in [0.1, 0.15) is 5.56 Å². The topological polar surface area (TPSA) is 90.9 Å². The first-order valence-corrected chi connectivity index (χ1v) is 9.68. The van der Waals surface area contributed by atoms with Crippen molar-refractivity contribution in [2.24, 2.45) is 0 Å². The molecule has 0 atom stereocenters. The van der Waals surface area contributed by atoms with Crippen LogP contribution in [0.4, 0.5) is 5.69 Å². The van der Waals surface area contributed by atoms with Gasteiger partial charge in [-0.05, 0) is 42.8 Å². The van der Waals surface area contributed by atoms with E-state index in [-0.39, 0.29) is 17.4 Å². The van der Waals surface area contributed by atoms with Crippen LogP contribution in [0.5, 0.6) is 5.75 Å². The lowest BCUT2D eigenvalue weighted by atomic mass is 10.2. The van der Waals surface area contributed by atoms with Crippen molar-refractivity contribution in [3.63, 3.8) is 0 Å². The summed E-state index contributed by atoms with van der Waals surface area (Å²) in [6.45, 7) is 1.89. The van der Waals surface area contributed by atoms with E-state index in [9.17, 15) is 9.90 Å². The SMILES string of the molecule is Cc1ccc(Cl)cc1NC(=O)CSc1n[nH]c(-c2cc(Br)ccc2O)n1. The standard InChI is InChI=1S/C17H14BrClN4O2S/c1-9-2-4-11(19)7-13(9)20-15(25)8-26-17-21-16(22-23-17)12-6-10(18)3-5-14(12)24/h2-7,24H,8H2,1H3,(H,20,25)(H,21,22,23). The number of nitrogens with one attached hydrogen (secondary N) is 2. The van der Waals surface area contributed by atoms with E-state index in [0.29, 0.717) is 27.3 Å². The van der Waals surface area contributed by atoms with Crippen molar-refractivity contribution in [3.8, 4) is 17.1 Å². The predicted molar refractivity (Wildman–Crippen MR) is 107 cm³/mol. The van der Waals surface area contributed by atoms with Gasteiger partial charge in [-0.15, -0.1) is 5.10 Å². The normalized spacial score (nSPS) is 10.7. The Morgan fingerprint density at radius 2 is 2.15 bits per heavy atom. The number of phenolic OH excluding ortho intramolecular Hbond substituents is 1. The third-order valence-electron chi connectivity index (χ3n) is 3.48. The number of aryl methyl sites for hydroxylation is 1. The summed E-state index contributed by atoms with van der Waals surface area (Å²) in [6, 6.07) is 10.4. The highest BCUT2D eigenvalue weighted by molar-refractivity contribution is 9.10. The molecule has 1 aromatic heterocycles. The molecular weight excluding hydrogens is 440 g/mol. The Labute approximate surface area is 167 Å². The van der Waals surface area contributed by atoms with Gasteiger partial charge in [-0.1, -0.05) is 45.4 Å². The van der Waals surface area contributed by atoms with Gasteiger partial charge in [0.1, 0.15) is 5.75 Å². The molecule has 134 valence electrons. The molecule has 0 aliphatic carbocycles. The van der Waals surface area contributed by atoms with E-state index in [1.165, 1.54) is 11.8 Å². The second kappa shape index (κ2) is 8.11. The van der Waals surface area contributed by atoms with Gasteiger partial charge < -0.3 is 10.4 Å². The maximum atomic E-state index is 12.1. The molecule has 0 fully saturated rings. The van der Waals surface area contributed by atoms with Gasteiger partial charge in [0.05, 0.1) is 11.3 Å². The number of H-pyrrole nitrogens is 1. The largest absolute Gasteiger partial charge is 0.507 e. The number of anilines is 1. The van der Waals surface area contributed by atoms with E-state index in [2.05, 4.69) is 36.4 Å². The average molecular weight is 454 g/mol. The molecule has 9 heteroatoms. The third-order valence-corrected chi connectivity index (χ3v) is 5.06. The summed E-state index contributed by atoms with van der Waals surface area (Å²) in [6.07, 6.45) is 0.